The Labute approximate surface area is 110 Å². The van der Waals surface area contributed by atoms with Crippen LogP contribution >= 0.6 is 0 Å². The Hall–Kier alpha value is -2.20. The number of hydrogen-bond acceptors (Lipinski definition) is 2. The van der Waals surface area contributed by atoms with Gasteiger partial charge in [-0.3, -0.25) is 0 Å². The highest BCUT2D eigenvalue weighted by molar-refractivity contribution is 5.80. The fourth-order valence-corrected chi connectivity index (χ4v) is 2.14. The van der Waals surface area contributed by atoms with Crippen molar-refractivity contribution in [3.8, 4) is 11.4 Å². The molecule has 4 heteroatoms. The minimum Gasteiger partial charge on any atom is -0.338 e. The quantitative estimate of drug-likeness (QED) is 0.739. The van der Waals surface area contributed by atoms with Crippen molar-refractivity contribution in [1.82, 2.24) is 9.97 Å². The molecule has 3 nitrogen and oxygen atoms in total. The van der Waals surface area contributed by atoms with Crippen LogP contribution < -0.4 is 5.73 Å². The van der Waals surface area contributed by atoms with E-state index in [9.17, 15) is 4.39 Å². The van der Waals surface area contributed by atoms with E-state index in [2.05, 4.69) is 9.97 Å². The average molecular weight is 255 g/mol. The Morgan fingerprint density at radius 3 is 2.89 bits per heavy atom. The summed E-state index contributed by atoms with van der Waals surface area (Å²) in [4.78, 5) is 7.57. The molecule has 0 saturated heterocycles. The summed E-state index contributed by atoms with van der Waals surface area (Å²) in [6.07, 6.45) is 0. The average Bonchev–Trinajstić information content (AvgIpc) is 2.84. The van der Waals surface area contributed by atoms with Gasteiger partial charge in [-0.2, -0.15) is 0 Å². The van der Waals surface area contributed by atoms with Crippen molar-refractivity contribution in [2.45, 2.75) is 13.5 Å². The zero-order valence-electron chi connectivity index (χ0n) is 10.6. The molecule has 0 radical (unpaired) electrons. The zero-order chi connectivity index (χ0) is 13.4. The first-order valence-corrected chi connectivity index (χ1v) is 6.13. The van der Waals surface area contributed by atoms with E-state index in [0.29, 0.717) is 23.5 Å². The van der Waals surface area contributed by atoms with Gasteiger partial charge in [0.15, 0.2) is 0 Å². The standard InChI is InChI=1S/C15H14FN3/c1-9-3-2-4-11(14(9)16)15-18-12-6-5-10(8-17)7-13(12)19-15/h2-7H,8,17H2,1H3,(H,18,19). The van der Waals surface area contributed by atoms with Gasteiger partial charge in [0.2, 0.25) is 0 Å². The molecule has 2 aromatic carbocycles. The second kappa shape index (κ2) is 4.48. The monoisotopic (exact) mass is 255 g/mol. The minimum atomic E-state index is -0.236. The fourth-order valence-electron chi connectivity index (χ4n) is 2.14. The smallest absolute Gasteiger partial charge is 0.141 e. The van der Waals surface area contributed by atoms with Crippen molar-refractivity contribution >= 4 is 11.0 Å². The highest BCUT2D eigenvalue weighted by atomic mass is 19.1. The molecule has 0 atom stereocenters. The highest BCUT2D eigenvalue weighted by Crippen LogP contribution is 2.25. The van der Waals surface area contributed by atoms with Crippen molar-refractivity contribution in [2.24, 2.45) is 5.73 Å². The summed E-state index contributed by atoms with van der Waals surface area (Å²) in [5.74, 6) is 0.311. The number of aryl methyl sites for hydroxylation is 1. The van der Waals surface area contributed by atoms with E-state index < -0.39 is 0 Å². The summed E-state index contributed by atoms with van der Waals surface area (Å²) >= 11 is 0. The van der Waals surface area contributed by atoms with Gasteiger partial charge in [0.05, 0.1) is 16.6 Å². The Kier molecular flexibility index (Phi) is 2.80. The van der Waals surface area contributed by atoms with E-state index in [1.54, 1.807) is 19.1 Å². The highest BCUT2D eigenvalue weighted by Gasteiger charge is 2.11. The van der Waals surface area contributed by atoms with Gasteiger partial charge < -0.3 is 10.7 Å². The molecule has 96 valence electrons. The number of H-pyrrole nitrogens is 1. The first-order chi connectivity index (χ1) is 9.19. The normalized spacial score (nSPS) is 11.1. The first-order valence-electron chi connectivity index (χ1n) is 6.13. The van der Waals surface area contributed by atoms with Crippen LogP contribution in [-0.2, 0) is 6.54 Å². The Morgan fingerprint density at radius 2 is 2.11 bits per heavy atom. The number of hydrogen-bond donors (Lipinski definition) is 2. The van der Waals surface area contributed by atoms with Crippen molar-refractivity contribution in [1.29, 1.82) is 0 Å². The number of nitrogens with two attached hydrogens (primary N) is 1. The molecule has 19 heavy (non-hydrogen) atoms. The molecule has 0 aliphatic carbocycles. The van der Waals surface area contributed by atoms with E-state index in [0.717, 1.165) is 16.6 Å². The van der Waals surface area contributed by atoms with Crippen LogP contribution in [0.25, 0.3) is 22.4 Å². The van der Waals surface area contributed by atoms with Gasteiger partial charge in [-0.05, 0) is 36.2 Å². The van der Waals surface area contributed by atoms with Gasteiger partial charge in [0.25, 0.3) is 0 Å². The van der Waals surface area contributed by atoms with Gasteiger partial charge >= 0.3 is 0 Å². The van der Waals surface area contributed by atoms with Crippen LogP contribution in [0.2, 0.25) is 0 Å². The number of nitrogens with zero attached hydrogens (tertiary/aromatic N) is 1. The van der Waals surface area contributed by atoms with Crippen LogP contribution in [0.15, 0.2) is 36.4 Å². The minimum absolute atomic E-state index is 0.236. The van der Waals surface area contributed by atoms with Gasteiger partial charge in [0.1, 0.15) is 11.6 Å². The maximum atomic E-state index is 14.1. The second-order valence-corrected chi connectivity index (χ2v) is 4.58. The molecule has 0 spiro atoms. The maximum absolute atomic E-state index is 14.1. The number of nitrogens with one attached hydrogen (secondary N) is 1. The molecule has 0 aliphatic heterocycles. The third-order valence-electron chi connectivity index (χ3n) is 3.23. The number of benzene rings is 2. The predicted molar refractivity (Wildman–Crippen MR) is 74.1 cm³/mol. The van der Waals surface area contributed by atoms with Crippen molar-refractivity contribution in [3.05, 3.63) is 53.3 Å². The van der Waals surface area contributed by atoms with Crippen LogP contribution in [0.4, 0.5) is 4.39 Å². The lowest BCUT2D eigenvalue weighted by Gasteiger charge is -2.01. The van der Waals surface area contributed by atoms with E-state index >= 15 is 0 Å². The Morgan fingerprint density at radius 1 is 1.26 bits per heavy atom. The maximum Gasteiger partial charge on any atom is 0.141 e. The lowest BCUT2D eigenvalue weighted by molar-refractivity contribution is 0.621. The summed E-state index contributed by atoms with van der Waals surface area (Å²) in [5.41, 5.74) is 9.42. The molecule has 1 heterocycles. The summed E-state index contributed by atoms with van der Waals surface area (Å²) in [5, 5.41) is 0. The third kappa shape index (κ3) is 2.00. The lowest BCUT2D eigenvalue weighted by atomic mass is 10.1. The van der Waals surface area contributed by atoms with E-state index in [4.69, 9.17) is 5.73 Å². The predicted octanol–water partition coefficient (Wildman–Crippen LogP) is 3.14. The number of aromatic amines is 1. The van der Waals surface area contributed by atoms with Gasteiger partial charge in [-0.25, -0.2) is 9.37 Å². The number of fused-ring (bicyclic) bond motifs is 1. The third-order valence-corrected chi connectivity index (χ3v) is 3.23. The van der Waals surface area contributed by atoms with Crippen molar-refractivity contribution in [3.63, 3.8) is 0 Å². The van der Waals surface area contributed by atoms with Crippen LogP contribution in [0.1, 0.15) is 11.1 Å². The molecule has 0 amide bonds. The van der Waals surface area contributed by atoms with Crippen molar-refractivity contribution < 1.29 is 4.39 Å². The number of imidazole rings is 1. The Balaban J connectivity index is 2.18. The molecule has 3 rings (SSSR count). The van der Waals surface area contributed by atoms with Crippen molar-refractivity contribution in [2.75, 3.05) is 0 Å². The van der Waals surface area contributed by atoms with E-state index in [1.807, 2.05) is 24.3 Å². The van der Waals surface area contributed by atoms with Crippen LogP contribution in [0.5, 0.6) is 0 Å². The van der Waals surface area contributed by atoms with Crippen LogP contribution in [0, 0.1) is 12.7 Å². The number of rotatable bonds is 2. The molecule has 0 unspecified atom stereocenters. The topological polar surface area (TPSA) is 54.7 Å². The molecular weight excluding hydrogens is 241 g/mol. The summed E-state index contributed by atoms with van der Waals surface area (Å²) < 4.78 is 14.1. The van der Waals surface area contributed by atoms with E-state index in [1.165, 1.54) is 0 Å². The molecular formula is C15H14FN3. The molecule has 3 N–H and O–H groups in total. The van der Waals surface area contributed by atoms with Crippen LogP contribution in [-0.4, -0.2) is 9.97 Å². The van der Waals surface area contributed by atoms with E-state index in [-0.39, 0.29) is 5.82 Å². The van der Waals surface area contributed by atoms with Gasteiger partial charge in [-0.15, -0.1) is 0 Å². The number of aromatic nitrogens is 2. The summed E-state index contributed by atoms with van der Waals surface area (Å²) in [6.45, 7) is 2.22. The largest absolute Gasteiger partial charge is 0.338 e. The van der Waals surface area contributed by atoms with Crippen LogP contribution in [0.3, 0.4) is 0 Å². The first kappa shape index (κ1) is 11.9. The zero-order valence-corrected chi connectivity index (χ0v) is 10.6. The molecule has 0 aliphatic rings. The summed E-state index contributed by atoms with van der Waals surface area (Å²) in [7, 11) is 0. The molecule has 0 bridgehead atoms. The molecule has 1 aromatic heterocycles. The molecule has 3 aromatic rings. The lowest BCUT2D eigenvalue weighted by Crippen LogP contribution is -1.95. The van der Waals surface area contributed by atoms with Gasteiger partial charge in [-0.1, -0.05) is 18.2 Å². The Bertz CT molecular complexity index is 746. The SMILES string of the molecule is Cc1cccc(-c2nc3ccc(CN)cc3[nH]2)c1F. The fraction of sp³-hybridized carbons (Fsp3) is 0.133. The number of halogens is 1. The molecule has 0 fully saturated rings. The molecule has 0 saturated carbocycles. The second-order valence-electron chi connectivity index (χ2n) is 4.58. The summed E-state index contributed by atoms with van der Waals surface area (Å²) in [6, 6.07) is 11.1. The van der Waals surface area contributed by atoms with Gasteiger partial charge in [0, 0.05) is 6.54 Å².